The average Bonchev–Trinajstić information content (AvgIpc) is 2.08. The number of hydrogen-bond donors (Lipinski definition) is 0. The lowest BCUT2D eigenvalue weighted by Gasteiger charge is -2.08. The molecule has 0 heterocycles. The van der Waals surface area contributed by atoms with Crippen molar-refractivity contribution in [3.05, 3.63) is 21.1 Å². The van der Waals surface area contributed by atoms with Gasteiger partial charge in [-0.2, -0.15) is 0 Å². The van der Waals surface area contributed by atoms with Gasteiger partial charge >= 0.3 is 0 Å². The Labute approximate surface area is 87.0 Å². The Morgan fingerprint density at radius 2 is 1.83 bits per heavy atom. The van der Waals surface area contributed by atoms with Crippen molar-refractivity contribution in [3.63, 3.8) is 0 Å². The summed E-state index contributed by atoms with van der Waals surface area (Å²) in [6, 6.07) is 1.52. The molecule has 0 amide bonds. The van der Waals surface area contributed by atoms with E-state index in [0.29, 0.717) is 10.8 Å². The molecule has 0 aliphatic rings. The molecule has 0 bridgehead atoms. The lowest BCUT2D eigenvalue weighted by atomic mass is 9.96. The van der Waals surface area contributed by atoms with Gasteiger partial charge in [0.05, 0.1) is 22.2 Å². The molecule has 5 heteroatoms. The molecule has 1 aromatic rings. The largest absolute Gasteiger partial charge is 0.495 e. The summed E-state index contributed by atoms with van der Waals surface area (Å²) in [7, 11) is 7.01. The van der Waals surface area contributed by atoms with E-state index in [1.165, 1.54) is 13.2 Å². The highest BCUT2D eigenvalue weighted by Gasteiger charge is 2.10. The molecule has 0 fully saturated rings. The van der Waals surface area contributed by atoms with Gasteiger partial charge in [0.25, 0.3) is 0 Å². The van der Waals surface area contributed by atoms with E-state index in [-0.39, 0.29) is 15.5 Å². The molecule has 1 nitrogen and oxygen atoms in total. The summed E-state index contributed by atoms with van der Waals surface area (Å²) < 4.78 is 4.91. The molecule has 0 unspecified atom stereocenters. The molecule has 0 spiro atoms. The minimum Gasteiger partial charge on any atom is -0.495 e. The van der Waals surface area contributed by atoms with Gasteiger partial charge in [-0.15, -0.1) is 0 Å². The fraction of sp³-hybridized carbons (Fsp3) is 0.143. The molecule has 62 valence electrons. The zero-order valence-corrected chi connectivity index (χ0v) is 8.46. The van der Waals surface area contributed by atoms with Crippen LogP contribution in [-0.4, -0.2) is 15.0 Å². The van der Waals surface area contributed by atoms with Gasteiger partial charge in [-0.05, 0) is 0 Å². The molecule has 0 N–H and O–H groups in total. The summed E-state index contributed by atoms with van der Waals surface area (Å²) in [6.07, 6.45) is 0. The van der Waals surface area contributed by atoms with Crippen molar-refractivity contribution < 1.29 is 4.74 Å². The summed E-state index contributed by atoms with van der Waals surface area (Å²) in [6.45, 7) is 0. The topological polar surface area (TPSA) is 9.23 Å². The van der Waals surface area contributed by atoms with Gasteiger partial charge < -0.3 is 4.74 Å². The van der Waals surface area contributed by atoms with Crippen LogP contribution in [0.3, 0.4) is 0 Å². The second-order valence-electron chi connectivity index (χ2n) is 2.10. The van der Waals surface area contributed by atoms with Crippen molar-refractivity contribution in [2.75, 3.05) is 7.11 Å². The van der Waals surface area contributed by atoms with Crippen LogP contribution in [0.25, 0.3) is 0 Å². The maximum Gasteiger partial charge on any atom is 0.138 e. The number of rotatable bonds is 1. The van der Waals surface area contributed by atoms with Crippen molar-refractivity contribution >= 4 is 48.1 Å². The normalized spacial score (nSPS) is 10.0. The Morgan fingerprint density at radius 3 is 2.33 bits per heavy atom. The second kappa shape index (κ2) is 3.78. The van der Waals surface area contributed by atoms with E-state index in [1.807, 2.05) is 0 Å². The molecule has 0 saturated heterocycles. The van der Waals surface area contributed by atoms with Crippen LogP contribution in [0.5, 0.6) is 5.75 Å². The van der Waals surface area contributed by atoms with E-state index in [0.717, 1.165) is 0 Å². The van der Waals surface area contributed by atoms with E-state index in [2.05, 4.69) is 0 Å². The number of benzene rings is 1. The molecular weight excluding hydrogens is 217 g/mol. The number of halogens is 3. The molecule has 0 saturated carbocycles. The van der Waals surface area contributed by atoms with Gasteiger partial charge in [-0.25, -0.2) is 0 Å². The molecule has 0 aliphatic carbocycles. The van der Waals surface area contributed by atoms with Gasteiger partial charge in [0, 0.05) is 6.07 Å². The number of methoxy groups -OCH3 is 1. The highest BCUT2D eigenvalue weighted by atomic mass is 35.5. The first-order valence-electron chi connectivity index (χ1n) is 3.05. The molecule has 0 atom stereocenters. The van der Waals surface area contributed by atoms with Crippen LogP contribution in [-0.2, 0) is 0 Å². The first-order chi connectivity index (χ1) is 5.57. The fourth-order valence-electron chi connectivity index (χ4n) is 0.748. The zero-order chi connectivity index (χ0) is 9.30. The molecule has 0 aromatic heterocycles. The summed E-state index contributed by atoms with van der Waals surface area (Å²) in [5, 5.41) is 0.866. The van der Waals surface area contributed by atoms with Crippen LogP contribution in [0, 0.1) is 0 Å². The Hall–Kier alpha value is -0.0451. The van der Waals surface area contributed by atoms with Gasteiger partial charge in [0.15, 0.2) is 0 Å². The highest BCUT2D eigenvalue weighted by Crippen LogP contribution is 2.30. The lowest BCUT2D eigenvalue weighted by molar-refractivity contribution is 0.415. The highest BCUT2D eigenvalue weighted by molar-refractivity contribution is 6.55. The van der Waals surface area contributed by atoms with Crippen LogP contribution in [0.15, 0.2) is 6.07 Å². The van der Waals surface area contributed by atoms with Crippen LogP contribution in [0.4, 0.5) is 0 Å². The van der Waals surface area contributed by atoms with Crippen molar-refractivity contribution in [1.29, 1.82) is 0 Å². The third kappa shape index (κ3) is 1.66. The molecule has 1 rings (SSSR count). The molecular formula is C7H4BCl3O. The molecule has 2 radical (unpaired) electrons. The lowest BCUT2D eigenvalue weighted by Crippen LogP contribution is -2.07. The Morgan fingerprint density at radius 1 is 1.25 bits per heavy atom. The van der Waals surface area contributed by atoms with Crippen LogP contribution in [0.1, 0.15) is 0 Å². The third-order valence-corrected chi connectivity index (χ3v) is 2.57. The van der Waals surface area contributed by atoms with Crippen molar-refractivity contribution in [2.45, 2.75) is 0 Å². The van der Waals surface area contributed by atoms with Crippen molar-refractivity contribution in [3.8, 4) is 5.75 Å². The first kappa shape index (κ1) is 10.0. The van der Waals surface area contributed by atoms with E-state index in [9.17, 15) is 0 Å². The van der Waals surface area contributed by atoms with E-state index < -0.39 is 0 Å². The van der Waals surface area contributed by atoms with Gasteiger partial charge in [-0.3, -0.25) is 0 Å². The molecule has 12 heavy (non-hydrogen) atoms. The molecule has 1 aromatic carbocycles. The van der Waals surface area contributed by atoms with Crippen LogP contribution in [0.2, 0.25) is 15.1 Å². The van der Waals surface area contributed by atoms with Gasteiger partial charge in [0.1, 0.15) is 13.6 Å². The minimum atomic E-state index is 0.239. The fourth-order valence-corrected chi connectivity index (χ4v) is 1.37. The van der Waals surface area contributed by atoms with E-state index in [4.69, 9.17) is 47.4 Å². The van der Waals surface area contributed by atoms with Crippen LogP contribution < -0.4 is 10.2 Å². The first-order valence-corrected chi connectivity index (χ1v) is 4.18. The summed E-state index contributed by atoms with van der Waals surface area (Å²) >= 11 is 17.2. The van der Waals surface area contributed by atoms with Gasteiger partial charge in [-0.1, -0.05) is 40.3 Å². The van der Waals surface area contributed by atoms with Crippen molar-refractivity contribution in [2.24, 2.45) is 0 Å². The predicted molar refractivity (Wildman–Crippen MR) is 53.4 cm³/mol. The zero-order valence-electron chi connectivity index (χ0n) is 6.20. The Bertz CT molecular complexity index is 314. The Kier molecular flexibility index (Phi) is 3.16. The summed E-state index contributed by atoms with van der Waals surface area (Å²) in [5.41, 5.74) is 0.239. The van der Waals surface area contributed by atoms with Crippen molar-refractivity contribution in [1.82, 2.24) is 0 Å². The number of hydrogen-bond acceptors (Lipinski definition) is 1. The maximum absolute atomic E-state index is 5.78. The smallest absolute Gasteiger partial charge is 0.138 e. The summed E-state index contributed by atoms with van der Waals surface area (Å²) in [5.74, 6) is 0.420. The summed E-state index contributed by atoms with van der Waals surface area (Å²) in [4.78, 5) is 0. The minimum absolute atomic E-state index is 0.239. The second-order valence-corrected chi connectivity index (χ2v) is 3.27. The Balaban J connectivity index is 3.39. The van der Waals surface area contributed by atoms with Gasteiger partial charge in [0.2, 0.25) is 0 Å². The van der Waals surface area contributed by atoms with E-state index >= 15 is 0 Å². The number of ether oxygens (including phenoxy) is 1. The van der Waals surface area contributed by atoms with E-state index in [1.54, 1.807) is 0 Å². The SMILES string of the molecule is [B]c1c(Cl)c(Cl)cc(OC)c1Cl. The monoisotopic (exact) mass is 220 g/mol. The quantitative estimate of drug-likeness (QED) is 0.523. The molecule has 0 aliphatic heterocycles. The average molecular weight is 221 g/mol. The third-order valence-electron chi connectivity index (χ3n) is 1.38. The standard InChI is InChI=1S/C7H4BCl3O/c1-12-4-2-3(9)6(10)5(8)7(4)11/h2H,1H3. The maximum atomic E-state index is 5.78. The predicted octanol–water partition coefficient (Wildman–Crippen LogP) is 2.45. The van der Waals surface area contributed by atoms with Crippen LogP contribution >= 0.6 is 34.8 Å².